The predicted octanol–water partition coefficient (Wildman–Crippen LogP) is 4.09. The smallest absolute Gasteiger partial charge is 0.225 e. The van der Waals surface area contributed by atoms with E-state index in [0.29, 0.717) is 36.8 Å². The normalized spacial score (nSPS) is 10.6. The van der Waals surface area contributed by atoms with Crippen LogP contribution in [-0.4, -0.2) is 27.3 Å². The zero-order chi connectivity index (χ0) is 19.1. The number of aromatic nitrogens is 3. The molecule has 140 valence electrons. The van der Waals surface area contributed by atoms with Crippen molar-refractivity contribution in [2.75, 3.05) is 11.9 Å². The SMILES string of the molecule is Cc1cc(Cl)ccc1OCCCC(=O)Nc1ccn(Cc2cccnc2)n1. The van der Waals surface area contributed by atoms with Crippen LogP contribution in [0.5, 0.6) is 5.75 Å². The molecule has 0 atom stereocenters. The Kier molecular flexibility index (Phi) is 6.44. The molecule has 0 fully saturated rings. The topological polar surface area (TPSA) is 69.0 Å². The average Bonchev–Trinajstić information content (AvgIpc) is 3.08. The van der Waals surface area contributed by atoms with Crippen LogP contribution in [0.15, 0.2) is 55.0 Å². The highest BCUT2D eigenvalue weighted by Crippen LogP contribution is 2.22. The van der Waals surface area contributed by atoms with E-state index in [1.165, 1.54) is 0 Å². The van der Waals surface area contributed by atoms with Crippen LogP contribution in [0.25, 0.3) is 0 Å². The number of hydrogen-bond donors (Lipinski definition) is 1. The van der Waals surface area contributed by atoms with E-state index in [-0.39, 0.29) is 5.91 Å². The van der Waals surface area contributed by atoms with Gasteiger partial charge in [0.1, 0.15) is 5.75 Å². The molecule has 0 aliphatic rings. The first kappa shape index (κ1) is 18.9. The molecule has 1 N–H and O–H groups in total. The molecule has 0 unspecified atom stereocenters. The molecule has 3 rings (SSSR count). The molecular weight excluding hydrogens is 364 g/mol. The summed E-state index contributed by atoms with van der Waals surface area (Å²) in [6.45, 7) is 3.01. The Balaban J connectivity index is 1.40. The number of carbonyl (C=O) groups is 1. The molecule has 0 aliphatic carbocycles. The summed E-state index contributed by atoms with van der Waals surface area (Å²) in [6.07, 6.45) is 6.33. The lowest BCUT2D eigenvalue weighted by molar-refractivity contribution is -0.116. The van der Waals surface area contributed by atoms with Gasteiger partial charge in [-0.1, -0.05) is 17.7 Å². The van der Waals surface area contributed by atoms with E-state index in [2.05, 4.69) is 15.4 Å². The first-order chi connectivity index (χ1) is 13.1. The molecule has 7 heteroatoms. The van der Waals surface area contributed by atoms with Gasteiger partial charge in [-0.05, 0) is 48.7 Å². The monoisotopic (exact) mass is 384 g/mol. The summed E-state index contributed by atoms with van der Waals surface area (Å²) in [5, 5.41) is 7.84. The summed E-state index contributed by atoms with van der Waals surface area (Å²) >= 11 is 5.92. The van der Waals surface area contributed by atoms with E-state index in [1.807, 2.05) is 37.4 Å². The highest BCUT2D eigenvalue weighted by Gasteiger charge is 2.06. The fourth-order valence-electron chi connectivity index (χ4n) is 2.59. The van der Waals surface area contributed by atoms with Gasteiger partial charge in [-0.2, -0.15) is 5.10 Å². The number of halogens is 1. The maximum atomic E-state index is 12.1. The van der Waals surface area contributed by atoms with Gasteiger partial charge in [-0.25, -0.2) is 0 Å². The third kappa shape index (κ3) is 5.82. The van der Waals surface area contributed by atoms with Crippen LogP contribution in [0.3, 0.4) is 0 Å². The van der Waals surface area contributed by atoms with Gasteiger partial charge in [0.05, 0.1) is 13.2 Å². The molecule has 0 saturated carbocycles. The number of ether oxygens (including phenoxy) is 1. The standard InChI is InChI=1S/C20H21ClN4O2/c1-15-12-17(21)6-7-18(15)27-11-3-5-20(26)23-19-8-10-25(24-19)14-16-4-2-9-22-13-16/h2,4,6-10,12-13H,3,5,11,14H2,1H3,(H,23,24,26). The zero-order valence-corrected chi connectivity index (χ0v) is 15.8. The number of nitrogens with one attached hydrogen (secondary N) is 1. The quantitative estimate of drug-likeness (QED) is 0.594. The Labute approximate surface area is 163 Å². The number of amides is 1. The van der Waals surface area contributed by atoms with Crippen molar-refractivity contribution >= 4 is 23.3 Å². The highest BCUT2D eigenvalue weighted by molar-refractivity contribution is 6.30. The van der Waals surface area contributed by atoms with Crippen molar-refractivity contribution in [2.45, 2.75) is 26.3 Å². The molecule has 27 heavy (non-hydrogen) atoms. The Morgan fingerprint density at radius 3 is 2.96 bits per heavy atom. The Morgan fingerprint density at radius 2 is 2.19 bits per heavy atom. The van der Waals surface area contributed by atoms with Gasteiger partial charge in [-0.15, -0.1) is 0 Å². The Hall–Kier alpha value is -2.86. The summed E-state index contributed by atoms with van der Waals surface area (Å²) in [6, 6.07) is 11.1. The van der Waals surface area contributed by atoms with E-state index >= 15 is 0 Å². The third-order valence-electron chi connectivity index (χ3n) is 3.92. The van der Waals surface area contributed by atoms with Gasteiger partial charge in [0.25, 0.3) is 0 Å². The fraction of sp³-hybridized carbons (Fsp3) is 0.250. The van der Waals surface area contributed by atoms with Gasteiger partial charge in [-0.3, -0.25) is 14.5 Å². The molecule has 6 nitrogen and oxygen atoms in total. The van der Waals surface area contributed by atoms with Gasteiger partial charge in [0.2, 0.25) is 5.91 Å². The molecule has 0 bridgehead atoms. The van der Waals surface area contributed by atoms with Crippen LogP contribution in [0, 0.1) is 6.92 Å². The molecule has 3 aromatic rings. The minimum atomic E-state index is -0.0851. The summed E-state index contributed by atoms with van der Waals surface area (Å²) < 4.78 is 7.46. The molecule has 1 amide bonds. The lowest BCUT2D eigenvalue weighted by atomic mass is 10.2. The lowest BCUT2D eigenvalue weighted by Gasteiger charge is -2.09. The van der Waals surface area contributed by atoms with Gasteiger partial charge in [0, 0.05) is 36.1 Å². The number of anilines is 1. The Morgan fingerprint density at radius 1 is 1.30 bits per heavy atom. The first-order valence-corrected chi connectivity index (χ1v) is 9.09. The first-order valence-electron chi connectivity index (χ1n) is 8.71. The zero-order valence-electron chi connectivity index (χ0n) is 15.1. The minimum Gasteiger partial charge on any atom is -0.493 e. The third-order valence-corrected chi connectivity index (χ3v) is 4.15. The van der Waals surface area contributed by atoms with Gasteiger partial charge < -0.3 is 10.1 Å². The molecular formula is C20H21ClN4O2. The summed E-state index contributed by atoms with van der Waals surface area (Å²) in [4.78, 5) is 16.1. The number of pyridine rings is 1. The summed E-state index contributed by atoms with van der Waals surface area (Å²) in [5.74, 6) is 1.24. The second-order valence-electron chi connectivity index (χ2n) is 6.17. The maximum absolute atomic E-state index is 12.1. The molecule has 2 aromatic heterocycles. The second kappa shape index (κ2) is 9.19. The molecule has 2 heterocycles. The molecule has 0 aliphatic heterocycles. The van der Waals surface area contributed by atoms with E-state index < -0.39 is 0 Å². The van der Waals surface area contributed by atoms with E-state index in [1.54, 1.807) is 29.2 Å². The fourth-order valence-corrected chi connectivity index (χ4v) is 2.82. The highest BCUT2D eigenvalue weighted by atomic mass is 35.5. The van der Waals surface area contributed by atoms with Crippen LogP contribution in [0.4, 0.5) is 5.82 Å². The maximum Gasteiger partial charge on any atom is 0.225 e. The number of nitrogens with zero attached hydrogens (tertiary/aromatic N) is 3. The number of benzene rings is 1. The lowest BCUT2D eigenvalue weighted by Crippen LogP contribution is -2.13. The van der Waals surface area contributed by atoms with Crippen molar-refractivity contribution < 1.29 is 9.53 Å². The van der Waals surface area contributed by atoms with Gasteiger partial charge >= 0.3 is 0 Å². The van der Waals surface area contributed by atoms with Crippen molar-refractivity contribution in [1.82, 2.24) is 14.8 Å². The van der Waals surface area contributed by atoms with E-state index in [0.717, 1.165) is 16.9 Å². The van der Waals surface area contributed by atoms with Crippen LogP contribution in [0.2, 0.25) is 5.02 Å². The van der Waals surface area contributed by atoms with E-state index in [4.69, 9.17) is 16.3 Å². The number of rotatable bonds is 8. The van der Waals surface area contributed by atoms with Crippen LogP contribution in [0.1, 0.15) is 24.0 Å². The van der Waals surface area contributed by atoms with Crippen molar-refractivity contribution in [3.63, 3.8) is 0 Å². The van der Waals surface area contributed by atoms with Crippen molar-refractivity contribution in [1.29, 1.82) is 0 Å². The largest absolute Gasteiger partial charge is 0.493 e. The van der Waals surface area contributed by atoms with Crippen molar-refractivity contribution in [3.05, 3.63) is 71.1 Å². The van der Waals surface area contributed by atoms with Crippen LogP contribution in [-0.2, 0) is 11.3 Å². The molecule has 0 radical (unpaired) electrons. The van der Waals surface area contributed by atoms with E-state index in [9.17, 15) is 4.79 Å². The summed E-state index contributed by atoms with van der Waals surface area (Å²) in [5.41, 5.74) is 2.03. The molecule has 0 saturated heterocycles. The van der Waals surface area contributed by atoms with Gasteiger partial charge in [0.15, 0.2) is 5.82 Å². The second-order valence-corrected chi connectivity index (χ2v) is 6.61. The van der Waals surface area contributed by atoms with Crippen LogP contribution < -0.4 is 10.1 Å². The Bertz CT molecular complexity index is 896. The number of carbonyl (C=O) groups excluding carboxylic acids is 1. The molecule has 1 aromatic carbocycles. The predicted molar refractivity (Wildman–Crippen MR) is 105 cm³/mol. The molecule has 0 spiro atoms. The van der Waals surface area contributed by atoms with Crippen LogP contribution >= 0.6 is 11.6 Å². The number of aryl methyl sites for hydroxylation is 1. The van der Waals surface area contributed by atoms with Crippen molar-refractivity contribution in [2.24, 2.45) is 0 Å². The minimum absolute atomic E-state index is 0.0851. The number of hydrogen-bond acceptors (Lipinski definition) is 4. The van der Waals surface area contributed by atoms with Crippen molar-refractivity contribution in [3.8, 4) is 5.75 Å². The average molecular weight is 385 g/mol. The summed E-state index contributed by atoms with van der Waals surface area (Å²) in [7, 11) is 0.